The Morgan fingerprint density at radius 2 is 2.12 bits per heavy atom. The van der Waals surface area contributed by atoms with Crippen LogP contribution in [0.3, 0.4) is 0 Å². The van der Waals surface area contributed by atoms with Crippen molar-refractivity contribution >= 4 is 11.6 Å². The number of aliphatic hydroxyl groups is 1. The molecule has 0 bridgehead atoms. The molecule has 2 fully saturated rings. The molecule has 0 aliphatic carbocycles. The molecule has 3 N–H and O–H groups in total. The number of nitrogens with zero attached hydrogens (tertiary/aromatic N) is 1. The molecule has 2 saturated heterocycles. The van der Waals surface area contributed by atoms with Crippen molar-refractivity contribution in [3.8, 4) is 0 Å². The molecule has 2 aliphatic rings. The second-order valence-electron chi connectivity index (χ2n) is 6.80. The lowest BCUT2D eigenvalue weighted by molar-refractivity contribution is -0.123. The van der Waals surface area contributed by atoms with Gasteiger partial charge < -0.3 is 20.6 Å². The normalized spacial score (nSPS) is 23.3. The fourth-order valence-electron chi connectivity index (χ4n) is 3.57. The average molecular weight is 335 g/mol. The van der Waals surface area contributed by atoms with Crippen molar-refractivity contribution in [1.29, 1.82) is 0 Å². The van der Waals surface area contributed by atoms with Gasteiger partial charge in [0.1, 0.15) is 5.82 Å². The Hall–Kier alpha value is -1.66. The van der Waals surface area contributed by atoms with Crippen molar-refractivity contribution in [3.05, 3.63) is 29.6 Å². The first-order valence-corrected chi connectivity index (χ1v) is 8.81. The van der Waals surface area contributed by atoms with E-state index in [-0.39, 0.29) is 29.9 Å². The molecule has 1 aromatic carbocycles. The number of aliphatic hydroxyl groups excluding tert-OH is 1. The van der Waals surface area contributed by atoms with E-state index < -0.39 is 0 Å². The predicted molar refractivity (Wildman–Crippen MR) is 91.4 cm³/mol. The van der Waals surface area contributed by atoms with Gasteiger partial charge in [0.15, 0.2) is 0 Å². The number of benzene rings is 1. The summed E-state index contributed by atoms with van der Waals surface area (Å²) in [7, 11) is 0. The van der Waals surface area contributed by atoms with Crippen LogP contribution < -0.4 is 15.5 Å². The first-order chi connectivity index (χ1) is 11.5. The number of hydrogen-bond donors (Lipinski definition) is 3. The van der Waals surface area contributed by atoms with E-state index >= 15 is 0 Å². The van der Waals surface area contributed by atoms with Crippen molar-refractivity contribution in [3.63, 3.8) is 0 Å². The molecule has 0 saturated carbocycles. The van der Waals surface area contributed by atoms with Gasteiger partial charge in [-0.25, -0.2) is 4.39 Å². The topological polar surface area (TPSA) is 64.6 Å². The molecule has 0 aromatic heterocycles. The minimum absolute atomic E-state index is 0.0238. The standard InChI is InChI=1S/C18H26FN3O2/c1-12(21-18(24)16-3-2-8-20-16)15-11-13(19)4-5-17(15)22-9-6-14(23)7-10-22/h4-5,11-12,14,16,20,23H,2-3,6-10H2,1H3,(H,21,24)/t12-,16+/m1/s1. The summed E-state index contributed by atoms with van der Waals surface area (Å²) < 4.78 is 13.8. The van der Waals surface area contributed by atoms with Crippen molar-refractivity contribution in [2.24, 2.45) is 0 Å². The van der Waals surface area contributed by atoms with Crippen LogP contribution in [0.25, 0.3) is 0 Å². The zero-order valence-electron chi connectivity index (χ0n) is 14.1. The first-order valence-electron chi connectivity index (χ1n) is 8.81. The highest BCUT2D eigenvalue weighted by Crippen LogP contribution is 2.30. The van der Waals surface area contributed by atoms with Crippen LogP contribution in [-0.2, 0) is 4.79 Å². The van der Waals surface area contributed by atoms with Crippen molar-refractivity contribution in [1.82, 2.24) is 10.6 Å². The number of anilines is 1. The number of piperidine rings is 1. The van der Waals surface area contributed by atoms with Gasteiger partial charge in [0.2, 0.25) is 5.91 Å². The zero-order chi connectivity index (χ0) is 17.1. The van der Waals surface area contributed by atoms with Crippen LogP contribution in [0, 0.1) is 5.82 Å². The summed E-state index contributed by atoms with van der Waals surface area (Å²) in [6.07, 6.45) is 3.02. The summed E-state index contributed by atoms with van der Waals surface area (Å²) >= 11 is 0. The van der Waals surface area contributed by atoms with Crippen LogP contribution in [0.2, 0.25) is 0 Å². The Kier molecular flexibility index (Phi) is 5.36. The molecule has 2 aliphatic heterocycles. The van der Waals surface area contributed by atoms with E-state index in [0.29, 0.717) is 12.8 Å². The maximum absolute atomic E-state index is 13.8. The number of carbonyl (C=O) groups is 1. The SMILES string of the molecule is C[C@@H](NC(=O)[C@@H]1CCCN1)c1cc(F)ccc1N1CCC(O)CC1. The Balaban J connectivity index is 1.75. The number of halogens is 1. The Bertz CT molecular complexity index is 582. The first kappa shape index (κ1) is 17.2. The molecule has 132 valence electrons. The van der Waals surface area contributed by atoms with Gasteiger partial charge in [-0.05, 0) is 57.4 Å². The minimum Gasteiger partial charge on any atom is -0.393 e. The molecule has 1 aromatic rings. The molecule has 2 heterocycles. The largest absolute Gasteiger partial charge is 0.393 e. The van der Waals surface area contributed by atoms with E-state index in [1.54, 1.807) is 6.07 Å². The summed E-state index contributed by atoms with van der Waals surface area (Å²) in [6.45, 7) is 4.24. The maximum atomic E-state index is 13.8. The quantitative estimate of drug-likeness (QED) is 0.784. The van der Waals surface area contributed by atoms with Gasteiger partial charge in [0, 0.05) is 24.3 Å². The van der Waals surface area contributed by atoms with Crippen LogP contribution >= 0.6 is 0 Å². The van der Waals surface area contributed by atoms with E-state index in [1.165, 1.54) is 12.1 Å². The highest BCUT2D eigenvalue weighted by Gasteiger charge is 2.26. The molecule has 3 rings (SSSR count). The molecule has 0 spiro atoms. The monoisotopic (exact) mass is 335 g/mol. The molecule has 5 nitrogen and oxygen atoms in total. The Morgan fingerprint density at radius 3 is 2.79 bits per heavy atom. The summed E-state index contributed by atoms with van der Waals surface area (Å²) in [5.41, 5.74) is 1.73. The summed E-state index contributed by atoms with van der Waals surface area (Å²) in [4.78, 5) is 14.5. The molecular formula is C18H26FN3O2. The molecular weight excluding hydrogens is 309 g/mol. The van der Waals surface area contributed by atoms with Gasteiger partial charge in [0.05, 0.1) is 18.2 Å². The van der Waals surface area contributed by atoms with Gasteiger partial charge in [-0.2, -0.15) is 0 Å². The van der Waals surface area contributed by atoms with Gasteiger partial charge in [0.25, 0.3) is 0 Å². The van der Waals surface area contributed by atoms with Crippen LogP contribution in [0.15, 0.2) is 18.2 Å². The summed E-state index contributed by atoms with van der Waals surface area (Å²) in [5.74, 6) is -0.324. The predicted octanol–water partition coefficient (Wildman–Crippen LogP) is 1.72. The van der Waals surface area contributed by atoms with Gasteiger partial charge in [-0.3, -0.25) is 4.79 Å². The molecule has 0 radical (unpaired) electrons. The van der Waals surface area contributed by atoms with Crippen molar-refractivity contribution in [2.75, 3.05) is 24.5 Å². The third-order valence-electron chi connectivity index (χ3n) is 5.00. The Labute approximate surface area is 142 Å². The Morgan fingerprint density at radius 1 is 1.38 bits per heavy atom. The van der Waals surface area contributed by atoms with E-state index in [0.717, 1.165) is 43.7 Å². The lowest BCUT2D eigenvalue weighted by atomic mass is 10.0. The second-order valence-corrected chi connectivity index (χ2v) is 6.80. The van der Waals surface area contributed by atoms with E-state index in [4.69, 9.17) is 0 Å². The van der Waals surface area contributed by atoms with Crippen LogP contribution in [-0.4, -0.2) is 42.8 Å². The van der Waals surface area contributed by atoms with Crippen LogP contribution in [0.4, 0.5) is 10.1 Å². The molecule has 1 amide bonds. The third-order valence-corrected chi connectivity index (χ3v) is 5.00. The van der Waals surface area contributed by atoms with Gasteiger partial charge >= 0.3 is 0 Å². The summed E-state index contributed by atoms with van der Waals surface area (Å²) in [5, 5.41) is 15.9. The number of nitrogens with one attached hydrogen (secondary N) is 2. The highest BCUT2D eigenvalue weighted by molar-refractivity contribution is 5.82. The van der Waals surface area contributed by atoms with Gasteiger partial charge in [-0.15, -0.1) is 0 Å². The van der Waals surface area contributed by atoms with Gasteiger partial charge in [-0.1, -0.05) is 0 Å². The molecule has 2 atom stereocenters. The highest BCUT2D eigenvalue weighted by atomic mass is 19.1. The third kappa shape index (κ3) is 3.87. The lowest BCUT2D eigenvalue weighted by Gasteiger charge is -2.34. The average Bonchev–Trinajstić information content (AvgIpc) is 3.10. The number of amides is 1. The van der Waals surface area contributed by atoms with E-state index in [2.05, 4.69) is 15.5 Å². The molecule has 0 unspecified atom stereocenters. The molecule has 24 heavy (non-hydrogen) atoms. The second kappa shape index (κ2) is 7.49. The minimum atomic E-state index is -0.300. The van der Waals surface area contributed by atoms with Crippen LogP contribution in [0.5, 0.6) is 0 Å². The van der Waals surface area contributed by atoms with Crippen LogP contribution in [0.1, 0.15) is 44.2 Å². The smallest absolute Gasteiger partial charge is 0.237 e. The van der Waals surface area contributed by atoms with Crippen molar-refractivity contribution < 1.29 is 14.3 Å². The number of carbonyl (C=O) groups excluding carboxylic acids is 1. The zero-order valence-corrected chi connectivity index (χ0v) is 14.1. The number of rotatable bonds is 4. The van der Waals surface area contributed by atoms with Crippen molar-refractivity contribution in [2.45, 2.75) is 50.8 Å². The molecule has 6 heteroatoms. The fourth-order valence-corrected chi connectivity index (χ4v) is 3.57. The van der Waals surface area contributed by atoms with E-state index in [9.17, 15) is 14.3 Å². The fraction of sp³-hybridized carbons (Fsp3) is 0.611. The maximum Gasteiger partial charge on any atom is 0.237 e. The lowest BCUT2D eigenvalue weighted by Crippen LogP contribution is -2.42. The summed E-state index contributed by atoms with van der Waals surface area (Å²) in [6, 6.07) is 4.33. The number of hydrogen-bond acceptors (Lipinski definition) is 4. The van der Waals surface area contributed by atoms with E-state index in [1.807, 2.05) is 6.92 Å².